The first-order valence-corrected chi connectivity index (χ1v) is 11.1. The molecule has 1 N–H and O–H groups in total. The first-order chi connectivity index (χ1) is 16.7. The topological polar surface area (TPSA) is 75.3 Å². The number of benzene rings is 3. The highest BCUT2D eigenvalue weighted by Crippen LogP contribution is 2.39. The van der Waals surface area contributed by atoms with Crippen molar-refractivity contribution < 1.29 is 28.5 Å². The zero-order valence-electron chi connectivity index (χ0n) is 19.8. The summed E-state index contributed by atoms with van der Waals surface area (Å²) < 4.78 is 27.5. The van der Waals surface area contributed by atoms with Gasteiger partial charge >= 0.3 is 0 Å². The van der Waals surface area contributed by atoms with Gasteiger partial charge in [0, 0.05) is 6.54 Å². The van der Waals surface area contributed by atoms with Crippen molar-refractivity contribution in [2.24, 2.45) is 0 Å². The molecule has 1 amide bonds. The van der Waals surface area contributed by atoms with Gasteiger partial charge in [-0.15, -0.1) is 0 Å². The number of rotatable bonds is 13. The van der Waals surface area contributed by atoms with Crippen LogP contribution < -0.4 is 29.0 Å². The van der Waals surface area contributed by atoms with Crippen molar-refractivity contribution in [3.8, 4) is 28.7 Å². The van der Waals surface area contributed by atoms with Gasteiger partial charge in [-0.3, -0.25) is 4.79 Å². The Kier molecular flexibility index (Phi) is 9.46. The summed E-state index contributed by atoms with van der Waals surface area (Å²) in [6.45, 7) is 1.60. The van der Waals surface area contributed by atoms with Gasteiger partial charge < -0.3 is 29.0 Å². The van der Waals surface area contributed by atoms with Gasteiger partial charge in [-0.25, -0.2) is 0 Å². The molecular formula is C27H31NO6. The first kappa shape index (κ1) is 24.8. The smallest absolute Gasteiger partial charge is 0.255 e. The lowest BCUT2D eigenvalue weighted by Gasteiger charge is -2.15. The molecule has 0 saturated carbocycles. The maximum Gasteiger partial charge on any atom is 0.255 e. The van der Waals surface area contributed by atoms with E-state index >= 15 is 0 Å². The lowest BCUT2D eigenvalue weighted by molar-refractivity contribution is 0.0948. The summed E-state index contributed by atoms with van der Waals surface area (Å²) in [4.78, 5) is 12.6. The van der Waals surface area contributed by atoms with Crippen LogP contribution in [0.3, 0.4) is 0 Å². The summed E-state index contributed by atoms with van der Waals surface area (Å²) in [6.07, 6.45) is 1.58. The molecule has 180 valence electrons. The zero-order valence-corrected chi connectivity index (χ0v) is 19.8. The van der Waals surface area contributed by atoms with Crippen LogP contribution in [0.5, 0.6) is 28.7 Å². The Bertz CT molecular complexity index is 1040. The van der Waals surface area contributed by atoms with Gasteiger partial charge in [0.25, 0.3) is 5.91 Å². The largest absolute Gasteiger partial charge is 0.494 e. The molecule has 3 aromatic carbocycles. The minimum Gasteiger partial charge on any atom is -0.494 e. The molecule has 0 aliphatic carbocycles. The quantitative estimate of drug-likeness (QED) is 0.363. The SMILES string of the molecule is COc1ccc(C(=O)NCCCCOc2ccc(OCc3ccccc3)cc2)c(OC)c1OC. The van der Waals surface area contributed by atoms with E-state index < -0.39 is 0 Å². The van der Waals surface area contributed by atoms with Gasteiger partial charge in [-0.05, 0) is 54.8 Å². The third kappa shape index (κ3) is 6.81. The second-order valence-electron chi connectivity index (χ2n) is 7.44. The van der Waals surface area contributed by atoms with Gasteiger partial charge in [-0.2, -0.15) is 0 Å². The van der Waals surface area contributed by atoms with E-state index in [9.17, 15) is 4.79 Å². The molecule has 0 radical (unpaired) electrons. The minimum atomic E-state index is -0.232. The Labute approximate surface area is 200 Å². The number of carbonyl (C=O) groups is 1. The predicted octanol–water partition coefficient (Wildman–Crippen LogP) is 4.88. The molecule has 0 aliphatic rings. The number of ether oxygens (including phenoxy) is 5. The molecular weight excluding hydrogens is 434 g/mol. The van der Waals surface area contributed by atoms with Gasteiger partial charge in [0.2, 0.25) is 5.75 Å². The number of carbonyl (C=O) groups excluding carboxylic acids is 1. The van der Waals surface area contributed by atoms with Crippen molar-refractivity contribution in [1.29, 1.82) is 0 Å². The number of nitrogens with one attached hydrogen (secondary N) is 1. The van der Waals surface area contributed by atoms with E-state index in [2.05, 4.69) is 5.32 Å². The maximum atomic E-state index is 12.6. The normalized spacial score (nSPS) is 10.3. The Balaban J connectivity index is 1.37. The zero-order chi connectivity index (χ0) is 24.2. The third-order valence-corrected chi connectivity index (χ3v) is 5.15. The standard InChI is InChI=1S/C27H31NO6/c1-30-24-16-15-23(25(31-2)26(24)32-3)27(29)28-17-7-8-18-33-21-11-13-22(14-12-21)34-19-20-9-5-4-6-10-20/h4-6,9-16H,7-8,17-19H2,1-3H3,(H,28,29). The summed E-state index contributed by atoms with van der Waals surface area (Å²) in [5, 5.41) is 2.91. The van der Waals surface area contributed by atoms with Crippen LogP contribution in [0, 0.1) is 0 Å². The van der Waals surface area contributed by atoms with Crippen LogP contribution in [0.4, 0.5) is 0 Å². The fourth-order valence-electron chi connectivity index (χ4n) is 3.37. The fraction of sp³-hybridized carbons (Fsp3) is 0.296. The Hall–Kier alpha value is -3.87. The second kappa shape index (κ2) is 13.0. The van der Waals surface area contributed by atoms with Crippen molar-refractivity contribution in [1.82, 2.24) is 5.32 Å². The van der Waals surface area contributed by atoms with Crippen molar-refractivity contribution in [2.45, 2.75) is 19.4 Å². The lowest BCUT2D eigenvalue weighted by Crippen LogP contribution is -2.25. The fourth-order valence-corrected chi connectivity index (χ4v) is 3.37. The van der Waals surface area contributed by atoms with Crippen LogP contribution in [0.25, 0.3) is 0 Å². The molecule has 7 nitrogen and oxygen atoms in total. The van der Waals surface area contributed by atoms with Crippen LogP contribution in [0.15, 0.2) is 66.7 Å². The van der Waals surface area contributed by atoms with E-state index in [1.807, 2.05) is 54.6 Å². The number of amides is 1. The first-order valence-electron chi connectivity index (χ1n) is 11.1. The van der Waals surface area contributed by atoms with Crippen LogP contribution >= 0.6 is 0 Å². The number of methoxy groups -OCH3 is 3. The summed E-state index contributed by atoms with van der Waals surface area (Å²) in [6, 6.07) is 21.0. The lowest BCUT2D eigenvalue weighted by atomic mass is 10.1. The van der Waals surface area contributed by atoms with Gasteiger partial charge in [0.15, 0.2) is 11.5 Å². The Morgan fingerprint density at radius 3 is 2.06 bits per heavy atom. The van der Waals surface area contributed by atoms with Gasteiger partial charge in [-0.1, -0.05) is 30.3 Å². The van der Waals surface area contributed by atoms with E-state index in [4.69, 9.17) is 23.7 Å². The van der Waals surface area contributed by atoms with Crippen molar-refractivity contribution in [3.63, 3.8) is 0 Å². The molecule has 0 fully saturated rings. The predicted molar refractivity (Wildman–Crippen MR) is 130 cm³/mol. The minimum absolute atomic E-state index is 0.232. The van der Waals surface area contributed by atoms with Crippen LogP contribution in [0.1, 0.15) is 28.8 Å². The average molecular weight is 466 g/mol. The summed E-state index contributed by atoms with van der Waals surface area (Å²) in [7, 11) is 4.54. The molecule has 0 spiro atoms. The molecule has 0 atom stereocenters. The highest BCUT2D eigenvalue weighted by Gasteiger charge is 2.20. The van der Waals surface area contributed by atoms with Gasteiger partial charge in [0.05, 0.1) is 33.5 Å². The van der Waals surface area contributed by atoms with E-state index in [0.29, 0.717) is 42.6 Å². The highest BCUT2D eigenvalue weighted by molar-refractivity contribution is 5.98. The molecule has 7 heteroatoms. The molecule has 0 saturated heterocycles. The van der Waals surface area contributed by atoms with E-state index in [0.717, 1.165) is 29.9 Å². The van der Waals surface area contributed by atoms with Crippen LogP contribution in [-0.4, -0.2) is 40.4 Å². The Morgan fingerprint density at radius 1 is 0.735 bits per heavy atom. The van der Waals surface area contributed by atoms with Crippen molar-refractivity contribution in [2.75, 3.05) is 34.5 Å². The van der Waals surface area contributed by atoms with Gasteiger partial charge in [0.1, 0.15) is 18.1 Å². The average Bonchev–Trinajstić information content (AvgIpc) is 2.89. The van der Waals surface area contributed by atoms with Crippen LogP contribution in [0.2, 0.25) is 0 Å². The molecule has 3 rings (SSSR count). The molecule has 34 heavy (non-hydrogen) atoms. The summed E-state index contributed by atoms with van der Waals surface area (Å²) in [5.41, 5.74) is 1.52. The number of unbranched alkanes of at least 4 members (excludes halogenated alkanes) is 1. The van der Waals surface area contributed by atoms with Crippen LogP contribution in [-0.2, 0) is 6.61 Å². The maximum absolute atomic E-state index is 12.6. The molecule has 0 aliphatic heterocycles. The summed E-state index contributed by atoms with van der Waals surface area (Å²) >= 11 is 0. The summed E-state index contributed by atoms with van der Waals surface area (Å²) in [5.74, 6) is 2.59. The third-order valence-electron chi connectivity index (χ3n) is 5.15. The number of hydrogen-bond donors (Lipinski definition) is 1. The highest BCUT2D eigenvalue weighted by atomic mass is 16.5. The van der Waals surface area contributed by atoms with Crippen molar-refractivity contribution >= 4 is 5.91 Å². The second-order valence-corrected chi connectivity index (χ2v) is 7.44. The Morgan fingerprint density at radius 2 is 1.41 bits per heavy atom. The molecule has 0 aromatic heterocycles. The monoisotopic (exact) mass is 465 g/mol. The molecule has 0 bridgehead atoms. The van der Waals surface area contributed by atoms with E-state index in [1.165, 1.54) is 21.3 Å². The number of hydrogen-bond acceptors (Lipinski definition) is 6. The molecule has 0 heterocycles. The van der Waals surface area contributed by atoms with E-state index in [1.54, 1.807) is 12.1 Å². The van der Waals surface area contributed by atoms with Crippen molar-refractivity contribution in [3.05, 3.63) is 77.9 Å². The van der Waals surface area contributed by atoms with E-state index in [-0.39, 0.29) is 5.91 Å². The molecule has 0 unspecified atom stereocenters. The molecule has 3 aromatic rings.